The van der Waals surface area contributed by atoms with E-state index in [9.17, 15) is 27.7 Å². The van der Waals surface area contributed by atoms with Crippen LogP contribution in [0.25, 0.3) is 11.1 Å². The van der Waals surface area contributed by atoms with Crippen molar-refractivity contribution < 1.29 is 91.5 Å². The van der Waals surface area contributed by atoms with Gasteiger partial charge in [0.05, 0.1) is 27.9 Å². The van der Waals surface area contributed by atoms with Crippen LogP contribution in [0.5, 0.6) is 0 Å². The van der Waals surface area contributed by atoms with Crippen LogP contribution in [0.15, 0.2) is 48.5 Å². The number of nitrogens with one attached hydrogen (secondary N) is 1. The van der Waals surface area contributed by atoms with E-state index in [1.54, 1.807) is 0 Å². The van der Waals surface area contributed by atoms with Crippen molar-refractivity contribution in [3.63, 3.8) is 0 Å². The zero-order chi connectivity index (χ0) is 19.6. The van der Waals surface area contributed by atoms with Crippen LogP contribution in [-0.4, -0.2) is 43.4 Å². The molecule has 8 nitrogen and oxygen atoms in total. The van der Waals surface area contributed by atoms with Gasteiger partial charge in [0, 0.05) is 5.92 Å². The molecule has 3 rings (SSSR count). The maximum Gasteiger partial charge on any atom is 1.00 e. The summed E-state index contributed by atoms with van der Waals surface area (Å²) in [5.41, 5.74) is 3.97. The molecule has 0 fully saturated rings. The second kappa shape index (κ2) is 10.9. The van der Waals surface area contributed by atoms with Crippen molar-refractivity contribution in [2.24, 2.45) is 0 Å². The van der Waals surface area contributed by atoms with Gasteiger partial charge in [-0.15, -0.1) is 0 Å². The summed E-state index contributed by atoms with van der Waals surface area (Å²) in [5, 5.41) is 12.8. The van der Waals surface area contributed by atoms with Crippen LogP contribution >= 0.6 is 0 Å². The summed E-state index contributed by atoms with van der Waals surface area (Å²) in [7, 11) is -4.87. The Balaban J connectivity index is 0.00000210. The first kappa shape index (κ1) is 26.1. The molecule has 29 heavy (non-hydrogen) atoms. The summed E-state index contributed by atoms with van der Waals surface area (Å²) >= 11 is 0. The smallest absolute Gasteiger partial charge is 0.748 e. The molecule has 0 heterocycles. The number of amides is 1. The molecule has 2 aromatic carbocycles. The predicted octanol–water partition coefficient (Wildman–Crippen LogP) is -5.80. The number of carbonyl (C=O) groups excluding carboxylic acids is 2. The van der Waals surface area contributed by atoms with Gasteiger partial charge in [0.1, 0.15) is 6.61 Å². The first-order valence-corrected chi connectivity index (χ1v) is 9.60. The van der Waals surface area contributed by atoms with Crippen LogP contribution in [0.2, 0.25) is 0 Å². The summed E-state index contributed by atoms with van der Waals surface area (Å²) in [4.78, 5) is 22.8. The normalized spacial score (nSPS) is 13.1. The Morgan fingerprint density at radius 1 is 1.00 bits per heavy atom. The predicted molar refractivity (Wildman–Crippen MR) is 91.6 cm³/mol. The van der Waals surface area contributed by atoms with E-state index in [1.807, 2.05) is 53.8 Å². The van der Waals surface area contributed by atoms with Gasteiger partial charge in [0.15, 0.2) is 0 Å². The number of aliphatic carboxylic acids is 1. The topological polar surface area (TPSA) is 136 Å². The number of fused-ring (bicyclic) bond motifs is 3. The van der Waals surface area contributed by atoms with E-state index >= 15 is 0 Å². The van der Waals surface area contributed by atoms with E-state index in [0.29, 0.717) is 0 Å². The number of hydrogen-bond donors (Lipinski definition) is 1. The van der Waals surface area contributed by atoms with Gasteiger partial charge in [-0.2, -0.15) is 0 Å². The number of benzene rings is 2. The van der Waals surface area contributed by atoms with Gasteiger partial charge in [-0.1, -0.05) is 48.5 Å². The summed E-state index contributed by atoms with van der Waals surface area (Å²) < 4.78 is 37.3. The number of rotatable bonds is 6. The number of carbonyl (C=O) groups is 2. The third kappa shape index (κ3) is 6.53. The zero-order valence-electron chi connectivity index (χ0n) is 16.0. The van der Waals surface area contributed by atoms with Crippen LogP contribution in [0.1, 0.15) is 17.0 Å². The van der Waals surface area contributed by atoms with Crippen molar-refractivity contribution in [3.05, 3.63) is 59.7 Å². The van der Waals surface area contributed by atoms with E-state index in [2.05, 4.69) is 0 Å². The number of hydrogen-bond acceptors (Lipinski definition) is 7. The summed E-state index contributed by atoms with van der Waals surface area (Å²) in [6.07, 6.45) is -1.14. The molecule has 1 amide bonds. The molecule has 0 aliphatic heterocycles. The van der Waals surface area contributed by atoms with E-state index in [-0.39, 0.29) is 71.6 Å². The second-order valence-electron chi connectivity index (χ2n) is 6.07. The molecule has 1 atom stereocenters. The molecule has 2 aromatic rings. The maximum absolute atomic E-state index is 11.9. The average molecular weight is 435 g/mol. The van der Waals surface area contributed by atoms with E-state index in [4.69, 9.17) is 4.74 Å². The van der Waals surface area contributed by atoms with Crippen LogP contribution in [-0.2, 0) is 19.6 Å². The first-order chi connectivity index (χ1) is 12.8. The first-order valence-electron chi connectivity index (χ1n) is 8.02. The van der Waals surface area contributed by atoms with Crippen LogP contribution in [0.3, 0.4) is 0 Å². The van der Waals surface area contributed by atoms with Crippen LogP contribution in [0.4, 0.5) is 4.79 Å². The van der Waals surface area contributed by atoms with Gasteiger partial charge >= 0.3 is 65.2 Å². The van der Waals surface area contributed by atoms with Crippen molar-refractivity contribution in [1.29, 1.82) is 0 Å². The minimum absolute atomic E-state index is 0. The Kier molecular flexibility index (Phi) is 9.84. The van der Waals surface area contributed by atoms with Gasteiger partial charge in [-0.25, -0.2) is 13.2 Å². The van der Waals surface area contributed by atoms with Crippen molar-refractivity contribution in [3.8, 4) is 11.1 Å². The molecule has 1 N–H and O–H groups in total. The summed E-state index contributed by atoms with van der Waals surface area (Å²) in [6.45, 7) is -0.0796. The number of carboxylic acid groups (broad SMARTS) is 1. The Labute approximate surface area is 212 Å². The molecule has 0 saturated heterocycles. The van der Waals surface area contributed by atoms with Gasteiger partial charge in [0.25, 0.3) is 0 Å². The molecule has 1 aliphatic carbocycles. The summed E-state index contributed by atoms with van der Waals surface area (Å²) in [5.74, 6) is -3.45. The Morgan fingerprint density at radius 2 is 1.48 bits per heavy atom. The summed E-state index contributed by atoms with van der Waals surface area (Å²) in [6, 6.07) is 13.3. The largest absolute Gasteiger partial charge is 1.00 e. The molecule has 0 aromatic heterocycles. The minimum atomic E-state index is -4.87. The molecule has 0 radical (unpaired) electrons. The van der Waals surface area contributed by atoms with E-state index in [0.717, 1.165) is 22.3 Å². The maximum atomic E-state index is 11.9. The number of carboxylic acids is 1. The van der Waals surface area contributed by atoms with Gasteiger partial charge < -0.3 is 24.5 Å². The van der Waals surface area contributed by atoms with E-state index in [1.165, 1.54) is 0 Å². The molecular weight excluding hydrogens is 420 g/mol. The number of alkyl carbamates (subject to hydrolysis) is 1. The molecular formula is C18H15NNa2O7S. The molecule has 0 bridgehead atoms. The van der Waals surface area contributed by atoms with Crippen molar-refractivity contribution in [1.82, 2.24) is 5.32 Å². The second-order valence-corrected chi connectivity index (χ2v) is 7.51. The minimum Gasteiger partial charge on any atom is -0.748 e. The van der Waals surface area contributed by atoms with Crippen LogP contribution < -0.4 is 69.5 Å². The molecule has 1 unspecified atom stereocenters. The monoisotopic (exact) mass is 435 g/mol. The molecule has 1 aliphatic rings. The van der Waals surface area contributed by atoms with Gasteiger partial charge in [-0.3, -0.25) is 0 Å². The van der Waals surface area contributed by atoms with Gasteiger partial charge in [0.2, 0.25) is 0 Å². The molecule has 0 spiro atoms. The van der Waals surface area contributed by atoms with E-state index < -0.39 is 34.0 Å². The standard InChI is InChI=1S/C18H17NO7S.2Na/c20-17(21)16(10-27(23,24)25)19-18(22)26-9-15-13-7-3-1-5-11(13)12-6-2-4-8-14(12)15;;/h1-8,15-16H,9-10H2,(H,19,22)(H,20,21)(H,23,24,25);;/q;2*+1/p-2. The fourth-order valence-electron chi connectivity index (χ4n) is 3.16. The zero-order valence-corrected chi connectivity index (χ0v) is 20.8. The average Bonchev–Trinajstić information content (AvgIpc) is 2.92. The van der Waals surface area contributed by atoms with Gasteiger partial charge in [-0.05, 0) is 22.3 Å². The molecule has 142 valence electrons. The Hall–Kier alpha value is -0.910. The van der Waals surface area contributed by atoms with Crippen molar-refractivity contribution in [2.75, 3.05) is 12.4 Å². The molecule has 11 heteroatoms. The molecule has 0 saturated carbocycles. The third-order valence-electron chi connectivity index (χ3n) is 4.29. The van der Waals surface area contributed by atoms with Crippen LogP contribution in [0, 0.1) is 0 Å². The fourth-order valence-corrected chi connectivity index (χ4v) is 3.78. The number of ether oxygens (including phenoxy) is 1. The third-order valence-corrected chi connectivity index (χ3v) is 5.03. The SMILES string of the molecule is O=C(NC(CS(=O)(=O)[O-])C(=O)[O-])OCC1c2ccccc2-c2ccccc21.[Na+].[Na+]. The van der Waals surface area contributed by atoms with Crippen molar-refractivity contribution >= 4 is 22.2 Å². The Morgan fingerprint density at radius 3 is 1.93 bits per heavy atom. The quantitative estimate of drug-likeness (QED) is 0.353. The van der Waals surface area contributed by atoms with Crippen molar-refractivity contribution in [2.45, 2.75) is 12.0 Å². The Bertz CT molecular complexity index is 952. The fraction of sp³-hybridized carbons (Fsp3) is 0.222.